The van der Waals surface area contributed by atoms with E-state index in [4.69, 9.17) is 9.84 Å². The Hall–Kier alpha value is -1.53. The van der Waals surface area contributed by atoms with Gasteiger partial charge in [-0.1, -0.05) is 13.0 Å². The first kappa shape index (κ1) is 16.8. The molecule has 6 heteroatoms. The molecule has 2 rings (SSSR count). The van der Waals surface area contributed by atoms with Crippen molar-refractivity contribution in [1.29, 1.82) is 0 Å². The molecule has 1 aromatic rings. The van der Waals surface area contributed by atoms with Crippen LogP contribution >= 0.6 is 0 Å². The standard InChI is InChI=1S/C16H21F2NO3/c1-10(14-4-3-12(17)6-15(14)18)5-16(21)19-7-13(8-20)22-9-11(19)2/h3-4,6,10-11,13,20H,5,7-9H2,1-2H3/t10-,11+,13+/m1/s1. The van der Waals surface area contributed by atoms with E-state index in [0.717, 1.165) is 6.07 Å². The van der Waals surface area contributed by atoms with Crippen molar-refractivity contribution in [2.45, 2.75) is 38.3 Å². The fourth-order valence-electron chi connectivity index (χ4n) is 2.67. The third kappa shape index (κ3) is 3.81. The summed E-state index contributed by atoms with van der Waals surface area (Å²) in [5.41, 5.74) is 0.328. The number of hydrogen-bond donors (Lipinski definition) is 1. The van der Waals surface area contributed by atoms with Crippen LogP contribution in [0.15, 0.2) is 18.2 Å². The van der Waals surface area contributed by atoms with Crippen molar-refractivity contribution in [3.05, 3.63) is 35.4 Å². The number of halogens is 2. The number of hydrogen-bond acceptors (Lipinski definition) is 3. The highest BCUT2D eigenvalue weighted by atomic mass is 19.1. The van der Waals surface area contributed by atoms with E-state index in [0.29, 0.717) is 18.7 Å². The molecule has 0 saturated carbocycles. The minimum Gasteiger partial charge on any atom is -0.394 e. The topological polar surface area (TPSA) is 49.8 Å². The van der Waals surface area contributed by atoms with E-state index in [1.54, 1.807) is 11.8 Å². The summed E-state index contributed by atoms with van der Waals surface area (Å²) >= 11 is 0. The molecule has 0 aromatic heterocycles. The van der Waals surface area contributed by atoms with E-state index in [1.807, 2.05) is 6.92 Å². The fourth-order valence-corrected chi connectivity index (χ4v) is 2.67. The summed E-state index contributed by atoms with van der Waals surface area (Å²) in [5.74, 6) is -1.74. The van der Waals surface area contributed by atoms with Crippen molar-refractivity contribution in [2.75, 3.05) is 19.8 Å². The molecule has 1 heterocycles. The van der Waals surface area contributed by atoms with Crippen molar-refractivity contribution in [2.24, 2.45) is 0 Å². The largest absolute Gasteiger partial charge is 0.394 e. The Morgan fingerprint density at radius 2 is 2.23 bits per heavy atom. The predicted octanol–water partition coefficient (Wildman–Crippen LogP) is 2.07. The van der Waals surface area contributed by atoms with Gasteiger partial charge in [0.15, 0.2) is 0 Å². The van der Waals surface area contributed by atoms with Gasteiger partial charge in [0.1, 0.15) is 11.6 Å². The molecule has 0 unspecified atom stereocenters. The zero-order valence-electron chi connectivity index (χ0n) is 12.8. The van der Waals surface area contributed by atoms with Crippen LogP contribution < -0.4 is 0 Å². The number of nitrogens with zero attached hydrogens (tertiary/aromatic N) is 1. The molecule has 1 fully saturated rings. The predicted molar refractivity (Wildman–Crippen MR) is 77.4 cm³/mol. The summed E-state index contributed by atoms with van der Waals surface area (Å²) in [5, 5.41) is 9.15. The van der Waals surface area contributed by atoms with Crippen LogP contribution in [-0.2, 0) is 9.53 Å². The van der Waals surface area contributed by atoms with Gasteiger partial charge in [-0.15, -0.1) is 0 Å². The van der Waals surface area contributed by atoms with Gasteiger partial charge in [-0.05, 0) is 24.5 Å². The van der Waals surface area contributed by atoms with Crippen LogP contribution in [0.25, 0.3) is 0 Å². The number of aliphatic hydroxyl groups excluding tert-OH is 1. The molecule has 1 aliphatic rings. The summed E-state index contributed by atoms with van der Waals surface area (Å²) in [6, 6.07) is 3.32. The number of morpholine rings is 1. The summed E-state index contributed by atoms with van der Waals surface area (Å²) < 4.78 is 32.1. The van der Waals surface area contributed by atoms with E-state index in [1.165, 1.54) is 12.1 Å². The molecular weight excluding hydrogens is 292 g/mol. The zero-order valence-corrected chi connectivity index (χ0v) is 12.8. The maximum atomic E-state index is 13.8. The first-order chi connectivity index (χ1) is 10.4. The number of amides is 1. The van der Waals surface area contributed by atoms with Crippen LogP contribution in [0.2, 0.25) is 0 Å². The van der Waals surface area contributed by atoms with E-state index >= 15 is 0 Å². The Bertz CT molecular complexity index is 538. The lowest BCUT2D eigenvalue weighted by Gasteiger charge is -2.38. The average molecular weight is 313 g/mol. The molecule has 1 amide bonds. The lowest BCUT2D eigenvalue weighted by Crippen LogP contribution is -2.52. The third-order valence-electron chi connectivity index (χ3n) is 4.00. The summed E-state index contributed by atoms with van der Waals surface area (Å²) in [7, 11) is 0. The highest BCUT2D eigenvalue weighted by Crippen LogP contribution is 2.25. The smallest absolute Gasteiger partial charge is 0.223 e. The van der Waals surface area contributed by atoms with E-state index < -0.39 is 11.6 Å². The Kier molecular flexibility index (Phi) is 5.47. The maximum absolute atomic E-state index is 13.8. The molecule has 0 radical (unpaired) electrons. The van der Waals surface area contributed by atoms with Crippen molar-refractivity contribution in [3.8, 4) is 0 Å². The highest BCUT2D eigenvalue weighted by Gasteiger charge is 2.30. The molecule has 0 aliphatic carbocycles. The number of aliphatic hydroxyl groups is 1. The van der Waals surface area contributed by atoms with Crippen LogP contribution in [0.4, 0.5) is 8.78 Å². The molecule has 0 bridgehead atoms. The summed E-state index contributed by atoms with van der Waals surface area (Å²) in [4.78, 5) is 14.1. The van der Waals surface area contributed by atoms with Gasteiger partial charge in [0, 0.05) is 19.0 Å². The Balaban J connectivity index is 2.03. The van der Waals surface area contributed by atoms with Gasteiger partial charge >= 0.3 is 0 Å². The van der Waals surface area contributed by atoms with Crippen LogP contribution in [-0.4, -0.2) is 47.8 Å². The second-order valence-corrected chi connectivity index (χ2v) is 5.80. The Morgan fingerprint density at radius 1 is 1.50 bits per heavy atom. The first-order valence-corrected chi connectivity index (χ1v) is 7.39. The van der Waals surface area contributed by atoms with Crippen molar-refractivity contribution in [3.63, 3.8) is 0 Å². The van der Waals surface area contributed by atoms with Crippen molar-refractivity contribution >= 4 is 5.91 Å². The SMILES string of the molecule is C[C@H](CC(=O)N1C[C@@H](CO)OC[C@@H]1C)c1ccc(F)cc1F. The maximum Gasteiger partial charge on any atom is 0.223 e. The second kappa shape index (κ2) is 7.15. The number of carbonyl (C=O) groups excluding carboxylic acids is 1. The number of rotatable bonds is 4. The molecule has 3 atom stereocenters. The molecule has 22 heavy (non-hydrogen) atoms. The van der Waals surface area contributed by atoms with Crippen LogP contribution in [0.3, 0.4) is 0 Å². The zero-order chi connectivity index (χ0) is 16.3. The van der Waals surface area contributed by atoms with Crippen molar-refractivity contribution in [1.82, 2.24) is 4.90 Å². The van der Waals surface area contributed by atoms with E-state index in [9.17, 15) is 13.6 Å². The van der Waals surface area contributed by atoms with Gasteiger partial charge in [0.25, 0.3) is 0 Å². The van der Waals surface area contributed by atoms with Crippen molar-refractivity contribution < 1.29 is 23.4 Å². The third-order valence-corrected chi connectivity index (χ3v) is 4.00. The highest BCUT2D eigenvalue weighted by molar-refractivity contribution is 5.77. The minimum atomic E-state index is -0.636. The molecular formula is C16H21F2NO3. The molecule has 122 valence electrons. The average Bonchev–Trinajstić information content (AvgIpc) is 2.47. The quantitative estimate of drug-likeness (QED) is 0.926. The van der Waals surface area contributed by atoms with Gasteiger partial charge in [-0.25, -0.2) is 8.78 Å². The van der Waals surface area contributed by atoms with Gasteiger partial charge in [-0.3, -0.25) is 4.79 Å². The van der Waals surface area contributed by atoms with Crippen LogP contribution in [0, 0.1) is 11.6 Å². The summed E-state index contributed by atoms with van der Waals surface area (Å²) in [6.45, 7) is 4.17. The minimum absolute atomic E-state index is 0.0828. The lowest BCUT2D eigenvalue weighted by atomic mass is 9.96. The van der Waals surface area contributed by atoms with Gasteiger partial charge in [0.05, 0.1) is 25.4 Å². The Morgan fingerprint density at radius 3 is 2.86 bits per heavy atom. The monoisotopic (exact) mass is 313 g/mol. The van der Waals surface area contributed by atoms with E-state index in [-0.39, 0.29) is 37.0 Å². The molecule has 0 spiro atoms. The van der Waals surface area contributed by atoms with Gasteiger partial charge < -0.3 is 14.7 Å². The lowest BCUT2D eigenvalue weighted by molar-refractivity contribution is -0.146. The van der Waals surface area contributed by atoms with E-state index in [2.05, 4.69) is 0 Å². The molecule has 1 aromatic carbocycles. The molecule has 4 nitrogen and oxygen atoms in total. The summed E-state index contributed by atoms with van der Waals surface area (Å²) in [6.07, 6.45) is -0.247. The van der Waals surface area contributed by atoms with Crippen LogP contribution in [0.1, 0.15) is 31.7 Å². The Labute approximate surface area is 128 Å². The van der Waals surface area contributed by atoms with Crippen LogP contribution in [0.5, 0.6) is 0 Å². The normalized spacial score (nSPS) is 23.4. The fraction of sp³-hybridized carbons (Fsp3) is 0.562. The van der Waals surface area contributed by atoms with Gasteiger partial charge in [-0.2, -0.15) is 0 Å². The molecule has 1 aliphatic heterocycles. The second-order valence-electron chi connectivity index (χ2n) is 5.80. The number of ether oxygens (including phenoxy) is 1. The number of benzene rings is 1. The van der Waals surface area contributed by atoms with Gasteiger partial charge in [0.2, 0.25) is 5.91 Å². The number of carbonyl (C=O) groups is 1. The molecule has 1 saturated heterocycles. The first-order valence-electron chi connectivity index (χ1n) is 7.39. The molecule has 1 N–H and O–H groups in total.